The van der Waals surface area contributed by atoms with Gasteiger partial charge < -0.3 is 4.90 Å². The smallest absolute Gasteiger partial charge is 0.159 e. The van der Waals surface area contributed by atoms with Crippen LogP contribution in [0.5, 0.6) is 0 Å². The largest absolute Gasteiger partial charge is 0.354 e. The van der Waals surface area contributed by atoms with Crippen LogP contribution in [0.25, 0.3) is 0 Å². The standard InChI is InChI=1S/C13H18N2O/c1-9-6-10(2)15(8-9)13-7-12(11(3)16)4-5-14-13/h4-5,7,9-10H,6,8H2,1-3H3. The van der Waals surface area contributed by atoms with E-state index in [9.17, 15) is 4.79 Å². The first kappa shape index (κ1) is 11.1. The second-order valence-electron chi connectivity index (χ2n) is 4.80. The Balaban J connectivity index is 2.27. The van der Waals surface area contributed by atoms with Crippen molar-refractivity contribution in [3.63, 3.8) is 0 Å². The molecule has 0 aromatic carbocycles. The van der Waals surface area contributed by atoms with Crippen LogP contribution >= 0.6 is 0 Å². The second kappa shape index (κ2) is 4.24. The molecule has 0 spiro atoms. The molecule has 1 saturated heterocycles. The van der Waals surface area contributed by atoms with Crippen LogP contribution in [0.3, 0.4) is 0 Å². The Hall–Kier alpha value is -1.38. The highest BCUT2D eigenvalue weighted by atomic mass is 16.1. The van der Waals surface area contributed by atoms with Gasteiger partial charge in [0.2, 0.25) is 0 Å². The minimum atomic E-state index is 0.101. The molecule has 0 aliphatic carbocycles. The first-order valence-corrected chi connectivity index (χ1v) is 5.81. The molecule has 86 valence electrons. The van der Waals surface area contributed by atoms with E-state index in [2.05, 4.69) is 23.7 Å². The van der Waals surface area contributed by atoms with Crippen molar-refractivity contribution >= 4 is 11.6 Å². The molecule has 2 rings (SSSR count). The Labute approximate surface area is 96.5 Å². The van der Waals surface area contributed by atoms with Gasteiger partial charge in [-0.15, -0.1) is 0 Å². The molecule has 0 saturated carbocycles. The Bertz CT molecular complexity index is 403. The van der Waals surface area contributed by atoms with E-state index in [0.29, 0.717) is 12.0 Å². The van der Waals surface area contributed by atoms with Crippen molar-refractivity contribution in [2.75, 3.05) is 11.4 Å². The van der Waals surface area contributed by atoms with Crippen molar-refractivity contribution in [3.8, 4) is 0 Å². The number of hydrogen-bond donors (Lipinski definition) is 0. The molecule has 2 unspecified atom stereocenters. The van der Waals surface area contributed by atoms with E-state index in [1.165, 1.54) is 6.42 Å². The number of carbonyl (C=O) groups excluding carboxylic acids is 1. The average Bonchev–Trinajstić information content (AvgIpc) is 2.58. The predicted octanol–water partition coefficient (Wildman–Crippen LogP) is 2.52. The number of hydrogen-bond acceptors (Lipinski definition) is 3. The molecule has 0 radical (unpaired) electrons. The van der Waals surface area contributed by atoms with Crippen LogP contribution in [0, 0.1) is 5.92 Å². The minimum absolute atomic E-state index is 0.101. The fourth-order valence-corrected chi connectivity index (χ4v) is 2.41. The van der Waals surface area contributed by atoms with Gasteiger partial charge in [-0.05, 0) is 38.3 Å². The van der Waals surface area contributed by atoms with Crippen LogP contribution in [-0.4, -0.2) is 23.4 Å². The molecule has 1 aromatic rings. The number of anilines is 1. The molecule has 0 amide bonds. The van der Waals surface area contributed by atoms with E-state index in [0.717, 1.165) is 17.9 Å². The van der Waals surface area contributed by atoms with Gasteiger partial charge in [-0.2, -0.15) is 0 Å². The highest BCUT2D eigenvalue weighted by molar-refractivity contribution is 5.94. The molecular formula is C13H18N2O. The van der Waals surface area contributed by atoms with Gasteiger partial charge in [-0.3, -0.25) is 4.79 Å². The first-order chi connectivity index (χ1) is 7.58. The predicted molar refractivity (Wildman–Crippen MR) is 64.8 cm³/mol. The van der Waals surface area contributed by atoms with Crippen molar-refractivity contribution < 1.29 is 4.79 Å². The zero-order valence-corrected chi connectivity index (χ0v) is 10.1. The number of carbonyl (C=O) groups is 1. The summed E-state index contributed by atoms with van der Waals surface area (Å²) in [5, 5.41) is 0. The van der Waals surface area contributed by atoms with Crippen molar-refractivity contribution in [2.24, 2.45) is 5.92 Å². The van der Waals surface area contributed by atoms with Crippen LogP contribution in [0.2, 0.25) is 0 Å². The Morgan fingerprint density at radius 2 is 2.25 bits per heavy atom. The van der Waals surface area contributed by atoms with Gasteiger partial charge in [0.15, 0.2) is 5.78 Å². The summed E-state index contributed by atoms with van der Waals surface area (Å²) in [6.07, 6.45) is 2.92. The summed E-state index contributed by atoms with van der Waals surface area (Å²) >= 11 is 0. The SMILES string of the molecule is CC(=O)c1ccnc(N2CC(C)CC2C)c1. The molecule has 1 aliphatic rings. The Morgan fingerprint density at radius 1 is 1.50 bits per heavy atom. The topological polar surface area (TPSA) is 33.2 Å². The van der Waals surface area contributed by atoms with Gasteiger partial charge in [-0.1, -0.05) is 6.92 Å². The summed E-state index contributed by atoms with van der Waals surface area (Å²) in [5.41, 5.74) is 0.747. The molecule has 1 fully saturated rings. The van der Waals surface area contributed by atoms with Crippen LogP contribution in [-0.2, 0) is 0 Å². The molecule has 0 bridgehead atoms. The van der Waals surface area contributed by atoms with Crippen molar-refractivity contribution in [1.29, 1.82) is 0 Å². The summed E-state index contributed by atoms with van der Waals surface area (Å²) in [5.74, 6) is 1.74. The van der Waals surface area contributed by atoms with Crippen LogP contribution in [0.4, 0.5) is 5.82 Å². The zero-order chi connectivity index (χ0) is 11.7. The fourth-order valence-electron chi connectivity index (χ4n) is 2.41. The first-order valence-electron chi connectivity index (χ1n) is 5.81. The maximum absolute atomic E-state index is 11.3. The summed E-state index contributed by atoms with van der Waals surface area (Å²) in [6, 6.07) is 4.19. The lowest BCUT2D eigenvalue weighted by molar-refractivity contribution is 0.101. The molecule has 16 heavy (non-hydrogen) atoms. The number of aromatic nitrogens is 1. The van der Waals surface area contributed by atoms with Gasteiger partial charge in [0.05, 0.1) is 0 Å². The second-order valence-corrected chi connectivity index (χ2v) is 4.80. The van der Waals surface area contributed by atoms with Crippen LogP contribution in [0.15, 0.2) is 18.3 Å². The average molecular weight is 218 g/mol. The summed E-state index contributed by atoms with van der Waals surface area (Å²) < 4.78 is 0. The highest BCUT2D eigenvalue weighted by Gasteiger charge is 2.27. The molecule has 1 aliphatic heterocycles. The third-order valence-electron chi connectivity index (χ3n) is 3.23. The molecule has 0 N–H and O–H groups in total. The number of nitrogens with zero attached hydrogens (tertiary/aromatic N) is 2. The van der Waals surface area contributed by atoms with E-state index in [1.54, 1.807) is 19.2 Å². The molecular weight excluding hydrogens is 200 g/mol. The lowest BCUT2D eigenvalue weighted by atomic mass is 10.1. The van der Waals surface area contributed by atoms with E-state index in [-0.39, 0.29) is 5.78 Å². The van der Waals surface area contributed by atoms with Gasteiger partial charge in [0, 0.05) is 24.3 Å². The Morgan fingerprint density at radius 3 is 2.81 bits per heavy atom. The maximum Gasteiger partial charge on any atom is 0.159 e. The van der Waals surface area contributed by atoms with Gasteiger partial charge in [0.25, 0.3) is 0 Å². The van der Waals surface area contributed by atoms with Crippen LogP contribution in [0.1, 0.15) is 37.6 Å². The molecule has 2 atom stereocenters. The maximum atomic E-state index is 11.3. The lowest BCUT2D eigenvalue weighted by Gasteiger charge is -2.22. The lowest BCUT2D eigenvalue weighted by Crippen LogP contribution is -2.27. The third-order valence-corrected chi connectivity index (χ3v) is 3.23. The normalized spacial score (nSPS) is 24.8. The summed E-state index contributed by atoms with van der Waals surface area (Å²) in [4.78, 5) is 18.0. The number of pyridine rings is 1. The van der Waals surface area contributed by atoms with E-state index >= 15 is 0 Å². The molecule has 2 heterocycles. The van der Waals surface area contributed by atoms with Crippen molar-refractivity contribution in [2.45, 2.75) is 33.2 Å². The monoisotopic (exact) mass is 218 g/mol. The van der Waals surface area contributed by atoms with E-state index < -0.39 is 0 Å². The van der Waals surface area contributed by atoms with Gasteiger partial charge in [-0.25, -0.2) is 4.98 Å². The van der Waals surface area contributed by atoms with Gasteiger partial charge >= 0.3 is 0 Å². The van der Waals surface area contributed by atoms with Gasteiger partial charge in [0.1, 0.15) is 5.82 Å². The number of rotatable bonds is 2. The minimum Gasteiger partial charge on any atom is -0.354 e. The molecule has 1 aromatic heterocycles. The van der Waals surface area contributed by atoms with E-state index in [4.69, 9.17) is 0 Å². The molecule has 3 nitrogen and oxygen atoms in total. The quantitative estimate of drug-likeness (QED) is 0.715. The summed E-state index contributed by atoms with van der Waals surface area (Å²) in [6.45, 7) is 7.10. The zero-order valence-electron chi connectivity index (χ0n) is 10.1. The third kappa shape index (κ3) is 2.08. The fraction of sp³-hybridized carbons (Fsp3) is 0.538. The van der Waals surface area contributed by atoms with E-state index in [1.807, 2.05) is 6.07 Å². The highest BCUT2D eigenvalue weighted by Crippen LogP contribution is 2.27. The number of Topliss-reactive ketones (excluding diaryl/α,β-unsaturated/α-hetero) is 1. The number of ketones is 1. The van der Waals surface area contributed by atoms with Crippen molar-refractivity contribution in [3.05, 3.63) is 23.9 Å². The Kier molecular flexibility index (Phi) is 2.95. The summed E-state index contributed by atoms with van der Waals surface area (Å²) in [7, 11) is 0. The van der Waals surface area contributed by atoms with Crippen molar-refractivity contribution in [1.82, 2.24) is 4.98 Å². The van der Waals surface area contributed by atoms with Crippen LogP contribution < -0.4 is 4.90 Å². The molecule has 3 heteroatoms.